The second-order valence-electron chi connectivity index (χ2n) is 4.39. The lowest BCUT2D eigenvalue weighted by atomic mass is 10.0. The summed E-state index contributed by atoms with van der Waals surface area (Å²) >= 11 is 4.65. The van der Waals surface area contributed by atoms with Crippen molar-refractivity contribution in [1.82, 2.24) is 5.32 Å². The highest BCUT2D eigenvalue weighted by Crippen LogP contribution is 2.25. The van der Waals surface area contributed by atoms with Gasteiger partial charge in [0.1, 0.15) is 0 Å². The van der Waals surface area contributed by atoms with Crippen LogP contribution in [0.5, 0.6) is 0 Å². The third-order valence-corrected chi connectivity index (χ3v) is 4.60. The molecule has 2 rings (SSSR count). The highest BCUT2D eigenvalue weighted by molar-refractivity contribution is 9.10. The number of hydrogen-bond donors (Lipinski definition) is 1. The Bertz CT molecular complexity index is 583. The largest absolute Gasteiger partial charge is 0.324 e. The van der Waals surface area contributed by atoms with Gasteiger partial charge in [-0.05, 0) is 30.2 Å². The number of rotatable bonds is 6. The number of nitrogens with one attached hydrogen (secondary N) is 1. The van der Waals surface area contributed by atoms with Crippen molar-refractivity contribution in [3.8, 4) is 0 Å². The van der Waals surface area contributed by atoms with E-state index in [0.29, 0.717) is 6.54 Å². The van der Waals surface area contributed by atoms with Crippen molar-refractivity contribution in [2.45, 2.75) is 25.9 Å². The van der Waals surface area contributed by atoms with Gasteiger partial charge < -0.3 is 5.32 Å². The number of hydrogen-bond acceptors (Lipinski definition) is 4. The maximum absolute atomic E-state index is 10.7. The SMILES string of the molecule is CCC(NCc1ccc([N+](=O)[O-])s1)c1ccc(Br)cc1. The molecule has 0 aliphatic heterocycles. The van der Waals surface area contributed by atoms with Crippen LogP contribution in [-0.4, -0.2) is 4.92 Å². The minimum atomic E-state index is -0.347. The molecule has 2 aromatic rings. The molecule has 1 N–H and O–H groups in total. The Hall–Kier alpha value is -1.24. The minimum Gasteiger partial charge on any atom is -0.305 e. The van der Waals surface area contributed by atoms with Gasteiger partial charge in [-0.1, -0.05) is 46.3 Å². The van der Waals surface area contributed by atoms with E-state index in [0.717, 1.165) is 15.8 Å². The van der Waals surface area contributed by atoms with E-state index < -0.39 is 0 Å². The van der Waals surface area contributed by atoms with Crippen LogP contribution in [0.25, 0.3) is 0 Å². The number of nitrogens with zero attached hydrogens (tertiary/aromatic N) is 1. The maximum atomic E-state index is 10.7. The Kier molecular flexibility index (Phi) is 5.28. The average Bonchev–Trinajstić information content (AvgIpc) is 2.90. The van der Waals surface area contributed by atoms with E-state index in [1.165, 1.54) is 16.9 Å². The van der Waals surface area contributed by atoms with Crippen LogP contribution in [0.2, 0.25) is 0 Å². The van der Waals surface area contributed by atoms with Gasteiger partial charge in [0.05, 0.1) is 4.92 Å². The van der Waals surface area contributed by atoms with Crippen LogP contribution in [0.4, 0.5) is 5.00 Å². The Balaban J connectivity index is 1.99. The second kappa shape index (κ2) is 6.97. The van der Waals surface area contributed by atoms with E-state index in [1.54, 1.807) is 6.07 Å². The first-order valence-electron chi connectivity index (χ1n) is 6.32. The van der Waals surface area contributed by atoms with Gasteiger partial charge in [-0.2, -0.15) is 0 Å². The van der Waals surface area contributed by atoms with Gasteiger partial charge in [0.25, 0.3) is 0 Å². The highest BCUT2D eigenvalue weighted by Gasteiger charge is 2.12. The van der Waals surface area contributed by atoms with E-state index in [9.17, 15) is 10.1 Å². The molecule has 6 heteroatoms. The number of nitro groups is 1. The molecule has 1 unspecified atom stereocenters. The van der Waals surface area contributed by atoms with Crippen molar-refractivity contribution in [3.05, 3.63) is 61.4 Å². The van der Waals surface area contributed by atoms with Gasteiger partial charge in [0.2, 0.25) is 0 Å². The van der Waals surface area contributed by atoms with Crippen molar-refractivity contribution >= 4 is 32.3 Å². The van der Waals surface area contributed by atoms with Gasteiger partial charge in [0.15, 0.2) is 0 Å². The lowest BCUT2D eigenvalue weighted by Crippen LogP contribution is -2.19. The highest BCUT2D eigenvalue weighted by atomic mass is 79.9. The van der Waals surface area contributed by atoms with Gasteiger partial charge in [-0.25, -0.2) is 0 Å². The fraction of sp³-hybridized carbons (Fsp3) is 0.286. The summed E-state index contributed by atoms with van der Waals surface area (Å²) in [6.45, 7) is 2.77. The third kappa shape index (κ3) is 3.88. The lowest BCUT2D eigenvalue weighted by molar-refractivity contribution is -0.380. The first-order chi connectivity index (χ1) is 9.60. The molecule has 1 aromatic carbocycles. The van der Waals surface area contributed by atoms with E-state index in [2.05, 4.69) is 40.3 Å². The van der Waals surface area contributed by atoms with Crippen LogP contribution in [-0.2, 0) is 6.54 Å². The molecular formula is C14H15BrN2O2S. The topological polar surface area (TPSA) is 55.2 Å². The maximum Gasteiger partial charge on any atom is 0.324 e. The normalized spacial score (nSPS) is 12.3. The molecule has 0 fully saturated rings. The van der Waals surface area contributed by atoms with Gasteiger partial charge >= 0.3 is 5.00 Å². The molecule has 1 atom stereocenters. The summed E-state index contributed by atoms with van der Waals surface area (Å²) in [5.41, 5.74) is 1.22. The summed E-state index contributed by atoms with van der Waals surface area (Å²) in [5.74, 6) is 0. The van der Waals surface area contributed by atoms with Gasteiger partial charge in [-0.15, -0.1) is 0 Å². The number of benzene rings is 1. The average molecular weight is 355 g/mol. The van der Waals surface area contributed by atoms with Crippen LogP contribution in [0.15, 0.2) is 40.9 Å². The van der Waals surface area contributed by atoms with Crippen molar-refractivity contribution in [3.63, 3.8) is 0 Å². The molecule has 0 aliphatic rings. The molecule has 4 nitrogen and oxygen atoms in total. The van der Waals surface area contributed by atoms with Crippen LogP contribution < -0.4 is 5.32 Å². The van der Waals surface area contributed by atoms with Crippen LogP contribution in [0.1, 0.15) is 29.8 Å². The molecule has 0 radical (unpaired) electrons. The van der Waals surface area contributed by atoms with Crippen LogP contribution in [0.3, 0.4) is 0 Å². The molecule has 20 heavy (non-hydrogen) atoms. The van der Waals surface area contributed by atoms with Gasteiger partial charge in [-0.3, -0.25) is 10.1 Å². The zero-order chi connectivity index (χ0) is 14.5. The van der Waals surface area contributed by atoms with Crippen LogP contribution >= 0.6 is 27.3 Å². The molecule has 0 spiro atoms. The molecule has 106 valence electrons. The number of halogens is 1. The van der Waals surface area contributed by atoms with E-state index in [-0.39, 0.29) is 16.0 Å². The van der Waals surface area contributed by atoms with Crippen molar-refractivity contribution < 1.29 is 4.92 Å². The summed E-state index contributed by atoms with van der Waals surface area (Å²) in [6.07, 6.45) is 0.967. The van der Waals surface area contributed by atoms with E-state index in [1.807, 2.05) is 18.2 Å². The summed E-state index contributed by atoms with van der Waals surface area (Å²) < 4.78 is 1.06. The molecule has 1 heterocycles. The smallest absolute Gasteiger partial charge is 0.305 e. The second-order valence-corrected chi connectivity index (χ2v) is 6.45. The Morgan fingerprint density at radius 2 is 2.00 bits per heavy atom. The molecular weight excluding hydrogens is 340 g/mol. The predicted molar refractivity (Wildman–Crippen MR) is 85.0 cm³/mol. The van der Waals surface area contributed by atoms with Crippen LogP contribution in [0, 0.1) is 10.1 Å². The predicted octanol–water partition coefficient (Wildman–Crippen LogP) is 4.66. The zero-order valence-electron chi connectivity index (χ0n) is 11.0. The Morgan fingerprint density at radius 1 is 1.30 bits per heavy atom. The molecule has 0 bridgehead atoms. The van der Waals surface area contributed by atoms with E-state index >= 15 is 0 Å². The Labute approximate surface area is 130 Å². The number of thiophene rings is 1. The van der Waals surface area contributed by atoms with Crippen molar-refractivity contribution in [2.75, 3.05) is 0 Å². The minimum absolute atomic E-state index is 0.193. The lowest BCUT2D eigenvalue weighted by Gasteiger charge is -2.17. The molecule has 1 aromatic heterocycles. The quantitative estimate of drug-likeness (QED) is 0.606. The molecule has 0 saturated carbocycles. The van der Waals surface area contributed by atoms with Crippen molar-refractivity contribution in [2.24, 2.45) is 0 Å². The standard InChI is InChI=1S/C14H15BrN2O2S/c1-2-13(10-3-5-11(15)6-4-10)16-9-12-7-8-14(20-12)17(18)19/h3-8,13,16H,2,9H2,1H3. The first kappa shape index (κ1) is 15.2. The fourth-order valence-corrected chi connectivity index (χ4v) is 3.01. The summed E-state index contributed by atoms with van der Waals surface area (Å²) in [7, 11) is 0. The first-order valence-corrected chi connectivity index (χ1v) is 7.93. The zero-order valence-corrected chi connectivity index (χ0v) is 13.4. The fourth-order valence-electron chi connectivity index (χ4n) is 1.98. The summed E-state index contributed by atoms with van der Waals surface area (Å²) in [4.78, 5) is 11.3. The van der Waals surface area contributed by atoms with Crippen molar-refractivity contribution in [1.29, 1.82) is 0 Å². The third-order valence-electron chi connectivity index (χ3n) is 3.03. The summed E-state index contributed by atoms with van der Waals surface area (Å²) in [6, 6.07) is 11.8. The summed E-state index contributed by atoms with van der Waals surface area (Å²) in [5, 5.41) is 14.3. The molecule has 0 aliphatic carbocycles. The molecule has 0 amide bonds. The van der Waals surface area contributed by atoms with Gasteiger partial charge in [0, 0.05) is 28.0 Å². The monoisotopic (exact) mass is 354 g/mol. The van der Waals surface area contributed by atoms with E-state index in [4.69, 9.17) is 0 Å². The molecule has 0 saturated heterocycles. The Morgan fingerprint density at radius 3 is 2.55 bits per heavy atom.